The van der Waals surface area contributed by atoms with Crippen LogP contribution in [-0.2, 0) is 9.59 Å². The Morgan fingerprint density at radius 1 is 1.02 bits per heavy atom. The van der Waals surface area contributed by atoms with E-state index in [0.29, 0.717) is 41.5 Å². The maximum absolute atomic E-state index is 13.6. The Balaban J connectivity index is 1.68. The van der Waals surface area contributed by atoms with Gasteiger partial charge in [-0.1, -0.05) is 30.7 Å². The van der Waals surface area contributed by atoms with Crippen molar-refractivity contribution >= 4 is 44.1 Å². The van der Waals surface area contributed by atoms with Gasteiger partial charge in [-0.15, -0.1) is 0 Å². The highest BCUT2D eigenvalue weighted by Crippen LogP contribution is 2.46. The Labute approximate surface area is 240 Å². The molecule has 1 aromatic heterocycles. The van der Waals surface area contributed by atoms with Crippen LogP contribution >= 0.6 is 11.3 Å². The molecule has 1 N–H and O–H groups in total. The molecule has 212 valence electrons. The van der Waals surface area contributed by atoms with E-state index in [1.54, 1.807) is 43.5 Å². The van der Waals surface area contributed by atoms with Crippen LogP contribution in [0.5, 0.6) is 17.2 Å². The minimum Gasteiger partial charge on any atom is -0.507 e. The van der Waals surface area contributed by atoms with Gasteiger partial charge in [0.25, 0.3) is 5.78 Å². The molecule has 0 radical (unpaired) electrons. The van der Waals surface area contributed by atoms with Gasteiger partial charge in [0, 0.05) is 5.56 Å². The summed E-state index contributed by atoms with van der Waals surface area (Å²) in [6.07, 6.45) is 1.84. The summed E-state index contributed by atoms with van der Waals surface area (Å²) in [5.41, 5.74) is 1.20. The SMILES string of the molecule is CCCCOc1ccc(C2/C(=C(\O)c3ccc(F)cc3)C(=O)C(=O)N2c2nc3ccc(OC)cc3s2)cc1OCC. The van der Waals surface area contributed by atoms with Crippen LogP contribution in [-0.4, -0.2) is 42.1 Å². The number of hydrogen-bond donors (Lipinski definition) is 1. The Kier molecular flexibility index (Phi) is 8.21. The van der Waals surface area contributed by atoms with Gasteiger partial charge in [0.05, 0.1) is 42.2 Å². The van der Waals surface area contributed by atoms with Crippen LogP contribution in [0.15, 0.2) is 66.2 Å². The minimum absolute atomic E-state index is 0.138. The number of ketones is 1. The molecule has 4 aromatic rings. The summed E-state index contributed by atoms with van der Waals surface area (Å²) in [6, 6.07) is 14.5. The molecule has 3 aromatic carbocycles. The molecule has 1 fully saturated rings. The number of Topliss-reactive ketones (excluding diaryl/α,β-unsaturated/α-hetero) is 1. The lowest BCUT2D eigenvalue weighted by molar-refractivity contribution is -0.132. The highest BCUT2D eigenvalue weighted by molar-refractivity contribution is 7.22. The van der Waals surface area contributed by atoms with E-state index < -0.39 is 29.3 Å². The van der Waals surface area contributed by atoms with Crippen LogP contribution in [0.1, 0.15) is 43.9 Å². The number of thiazole rings is 1. The number of carbonyl (C=O) groups is 2. The quantitative estimate of drug-likeness (QED) is 0.0977. The zero-order chi connectivity index (χ0) is 29.1. The van der Waals surface area contributed by atoms with Crippen molar-refractivity contribution < 1.29 is 33.3 Å². The van der Waals surface area contributed by atoms with E-state index in [-0.39, 0.29) is 16.3 Å². The summed E-state index contributed by atoms with van der Waals surface area (Å²) < 4.78 is 31.5. The number of amides is 1. The normalized spacial score (nSPS) is 16.4. The van der Waals surface area contributed by atoms with Crippen LogP contribution in [0.4, 0.5) is 9.52 Å². The predicted octanol–water partition coefficient (Wildman–Crippen LogP) is 6.65. The van der Waals surface area contributed by atoms with Gasteiger partial charge in [0.15, 0.2) is 16.6 Å². The number of hydrogen-bond acceptors (Lipinski definition) is 8. The van der Waals surface area contributed by atoms with Crippen molar-refractivity contribution in [1.82, 2.24) is 4.98 Å². The molecule has 1 amide bonds. The zero-order valence-corrected chi connectivity index (χ0v) is 23.7. The number of anilines is 1. The molecule has 1 saturated heterocycles. The molecular formula is C31H29FN2O6S. The highest BCUT2D eigenvalue weighted by Gasteiger charge is 2.48. The topological polar surface area (TPSA) is 98.2 Å². The molecule has 0 spiro atoms. The number of methoxy groups -OCH3 is 1. The lowest BCUT2D eigenvalue weighted by Crippen LogP contribution is -2.29. The number of rotatable bonds is 10. The summed E-state index contributed by atoms with van der Waals surface area (Å²) in [7, 11) is 1.56. The third-order valence-electron chi connectivity index (χ3n) is 6.69. The molecule has 1 aliphatic rings. The van der Waals surface area contributed by atoms with E-state index in [0.717, 1.165) is 17.5 Å². The fraction of sp³-hybridized carbons (Fsp3) is 0.258. The molecule has 1 atom stereocenters. The van der Waals surface area contributed by atoms with E-state index in [2.05, 4.69) is 11.9 Å². The number of halogens is 1. The maximum Gasteiger partial charge on any atom is 0.301 e. The fourth-order valence-corrected chi connectivity index (χ4v) is 5.66. The van der Waals surface area contributed by atoms with Crippen LogP contribution in [0.3, 0.4) is 0 Å². The van der Waals surface area contributed by atoms with Crippen LogP contribution in [0.2, 0.25) is 0 Å². The van der Waals surface area contributed by atoms with Crippen molar-refractivity contribution in [2.24, 2.45) is 0 Å². The lowest BCUT2D eigenvalue weighted by atomic mass is 9.95. The second kappa shape index (κ2) is 12.0. The van der Waals surface area contributed by atoms with Gasteiger partial charge in [-0.3, -0.25) is 14.5 Å². The Morgan fingerprint density at radius 2 is 1.80 bits per heavy atom. The van der Waals surface area contributed by atoms with Crippen molar-refractivity contribution in [2.75, 3.05) is 25.2 Å². The molecule has 41 heavy (non-hydrogen) atoms. The maximum atomic E-state index is 13.6. The first-order valence-electron chi connectivity index (χ1n) is 13.3. The van der Waals surface area contributed by atoms with Gasteiger partial charge < -0.3 is 19.3 Å². The van der Waals surface area contributed by atoms with E-state index in [1.165, 1.54) is 40.5 Å². The third-order valence-corrected chi connectivity index (χ3v) is 7.71. The lowest BCUT2D eigenvalue weighted by Gasteiger charge is -2.24. The van der Waals surface area contributed by atoms with Crippen LogP contribution in [0.25, 0.3) is 16.0 Å². The average Bonchev–Trinajstić information content (AvgIpc) is 3.51. The number of benzene rings is 3. The summed E-state index contributed by atoms with van der Waals surface area (Å²) >= 11 is 1.22. The molecule has 0 saturated carbocycles. The molecule has 1 aliphatic heterocycles. The Morgan fingerprint density at radius 3 is 2.51 bits per heavy atom. The number of fused-ring (bicyclic) bond motifs is 1. The van der Waals surface area contributed by atoms with Crippen molar-refractivity contribution in [1.29, 1.82) is 0 Å². The number of ether oxygens (including phenoxy) is 3. The summed E-state index contributed by atoms with van der Waals surface area (Å²) in [5, 5.41) is 11.6. The minimum atomic E-state index is -1.04. The number of carbonyl (C=O) groups excluding carboxylic acids is 2. The third kappa shape index (κ3) is 5.47. The van der Waals surface area contributed by atoms with E-state index in [9.17, 15) is 19.1 Å². The first-order chi connectivity index (χ1) is 19.9. The molecule has 1 unspecified atom stereocenters. The van der Waals surface area contributed by atoms with Crippen molar-refractivity contribution in [3.05, 3.63) is 83.2 Å². The van der Waals surface area contributed by atoms with Gasteiger partial charge in [-0.05, 0) is 73.5 Å². The van der Waals surface area contributed by atoms with Gasteiger partial charge in [-0.2, -0.15) is 0 Å². The van der Waals surface area contributed by atoms with Crippen LogP contribution in [0, 0.1) is 5.82 Å². The molecule has 2 heterocycles. The zero-order valence-electron chi connectivity index (χ0n) is 22.8. The number of aromatic nitrogens is 1. The van der Waals surface area contributed by atoms with E-state index >= 15 is 0 Å². The monoisotopic (exact) mass is 576 g/mol. The van der Waals surface area contributed by atoms with Gasteiger partial charge in [0.2, 0.25) is 0 Å². The summed E-state index contributed by atoms with van der Waals surface area (Å²) in [6.45, 7) is 4.79. The van der Waals surface area contributed by atoms with Crippen molar-refractivity contribution in [3.8, 4) is 17.2 Å². The number of nitrogens with zero attached hydrogens (tertiary/aromatic N) is 2. The fourth-order valence-electron chi connectivity index (χ4n) is 4.64. The molecule has 8 nitrogen and oxygen atoms in total. The molecule has 5 rings (SSSR count). The van der Waals surface area contributed by atoms with Crippen molar-refractivity contribution in [3.63, 3.8) is 0 Å². The number of aliphatic hydroxyl groups excluding tert-OH is 1. The second-order valence-corrected chi connectivity index (χ2v) is 10.4. The van der Waals surface area contributed by atoms with Crippen molar-refractivity contribution in [2.45, 2.75) is 32.7 Å². The van der Waals surface area contributed by atoms with Gasteiger partial charge in [-0.25, -0.2) is 9.37 Å². The average molecular weight is 577 g/mol. The van der Waals surface area contributed by atoms with E-state index in [1.807, 2.05) is 6.92 Å². The number of unbranched alkanes of at least 4 members (excludes halogenated alkanes) is 1. The smallest absolute Gasteiger partial charge is 0.301 e. The first-order valence-corrected chi connectivity index (χ1v) is 14.1. The highest BCUT2D eigenvalue weighted by atomic mass is 32.1. The standard InChI is InChI=1S/C31H29FN2O6S/c1-4-6-15-40-23-14-9-19(16-24(23)39-5-2)27-26(28(35)18-7-10-20(32)11-8-18)29(36)30(37)34(27)31-33-22-13-12-21(38-3)17-25(22)41-31/h7-14,16-17,27,35H,4-6,15H2,1-3H3/b28-26+. The summed E-state index contributed by atoms with van der Waals surface area (Å²) in [5.74, 6) is -1.03. The van der Waals surface area contributed by atoms with Gasteiger partial charge >= 0.3 is 5.91 Å². The molecule has 0 bridgehead atoms. The molecule has 0 aliphatic carbocycles. The van der Waals surface area contributed by atoms with Crippen LogP contribution < -0.4 is 19.1 Å². The largest absolute Gasteiger partial charge is 0.507 e. The second-order valence-electron chi connectivity index (χ2n) is 9.35. The molecular weight excluding hydrogens is 547 g/mol. The number of aliphatic hydroxyl groups is 1. The predicted molar refractivity (Wildman–Crippen MR) is 155 cm³/mol. The Bertz CT molecular complexity index is 1630. The summed E-state index contributed by atoms with van der Waals surface area (Å²) in [4.78, 5) is 33.1. The van der Waals surface area contributed by atoms with Gasteiger partial charge in [0.1, 0.15) is 17.3 Å². The van der Waals surface area contributed by atoms with E-state index in [4.69, 9.17) is 14.2 Å². The first kappa shape index (κ1) is 28.1. The Hall–Kier alpha value is -4.44. The molecule has 10 heteroatoms.